The Balaban J connectivity index is 1.78. The lowest BCUT2D eigenvalue weighted by Gasteiger charge is -2.10. The number of aliphatic imine (C=N–C) groups is 1. The van der Waals surface area contributed by atoms with Crippen LogP contribution < -0.4 is 10.6 Å². The molecule has 5 nitrogen and oxygen atoms in total. The van der Waals surface area contributed by atoms with Crippen molar-refractivity contribution in [3.8, 4) is 0 Å². The second-order valence-electron chi connectivity index (χ2n) is 5.47. The van der Waals surface area contributed by atoms with Crippen molar-refractivity contribution in [1.29, 1.82) is 0 Å². The molecule has 0 bridgehead atoms. The van der Waals surface area contributed by atoms with Crippen molar-refractivity contribution >= 4 is 28.1 Å². The highest BCUT2D eigenvalue weighted by Crippen LogP contribution is 2.13. The van der Waals surface area contributed by atoms with E-state index < -0.39 is 10.8 Å². The maximum Gasteiger partial charge on any atom is 0.191 e. The van der Waals surface area contributed by atoms with Crippen molar-refractivity contribution in [3.63, 3.8) is 0 Å². The van der Waals surface area contributed by atoms with Crippen LogP contribution in [0.1, 0.15) is 29.3 Å². The number of thiazole rings is 1. The van der Waals surface area contributed by atoms with Gasteiger partial charge in [-0.05, 0) is 18.9 Å². The Bertz CT molecular complexity index is 685. The molecule has 1 unspecified atom stereocenters. The molecule has 0 fully saturated rings. The molecule has 136 valence electrons. The summed E-state index contributed by atoms with van der Waals surface area (Å²) >= 11 is 1.70. The van der Waals surface area contributed by atoms with E-state index in [9.17, 15) is 4.21 Å². The summed E-state index contributed by atoms with van der Waals surface area (Å²) in [6, 6.07) is 9.94. The molecule has 0 aliphatic carbocycles. The van der Waals surface area contributed by atoms with E-state index in [-0.39, 0.29) is 0 Å². The third kappa shape index (κ3) is 7.36. The van der Waals surface area contributed by atoms with Crippen molar-refractivity contribution in [3.05, 3.63) is 52.0 Å². The summed E-state index contributed by atoms with van der Waals surface area (Å²) in [7, 11) is -0.885. The molecular formula is C18H26N4OS2. The highest BCUT2D eigenvalue weighted by Gasteiger charge is 2.04. The lowest BCUT2D eigenvalue weighted by Crippen LogP contribution is -2.39. The van der Waals surface area contributed by atoms with Gasteiger partial charge in [-0.15, -0.1) is 11.3 Å². The SMILES string of the molecule is CCNC(=NCc1ncc(CC)s1)NCCS(=O)Cc1ccccc1. The summed E-state index contributed by atoms with van der Waals surface area (Å²) in [5.41, 5.74) is 1.11. The van der Waals surface area contributed by atoms with Crippen molar-refractivity contribution < 1.29 is 4.21 Å². The number of nitrogens with one attached hydrogen (secondary N) is 2. The van der Waals surface area contributed by atoms with Crippen LogP contribution in [0.5, 0.6) is 0 Å². The number of guanidine groups is 1. The fourth-order valence-electron chi connectivity index (χ4n) is 2.19. The molecule has 0 amide bonds. The van der Waals surface area contributed by atoms with Gasteiger partial charge in [0.05, 0.1) is 6.54 Å². The molecule has 2 rings (SSSR count). The average molecular weight is 379 g/mol. The predicted molar refractivity (Wildman–Crippen MR) is 107 cm³/mol. The molecule has 1 atom stereocenters. The number of hydrogen-bond donors (Lipinski definition) is 2. The van der Waals surface area contributed by atoms with E-state index in [1.165, 1.54) is 4.88 Å². The van der Waals surface area contributed by atoms with Gasteiger partial charge >= 0.3 is 0 Å². The minimum atomic E-state index is -0.885. The number of benzene rings is 1. The lowest BCUT2D eigenvalue weighted by molar-refractivity contribution is 0.680. The Morgan fingerprint density at radius 3 is 2.72 bits per heavy atom. The normalized spacial score (nSPS) is 12.8. The number of aryl methyl sites for hydroxylation is 1. The second kappa shape index (κ2) is 11.0. The van der Waals surface area contributed by atoms with Gasteiger partial charge in [0.25, 0.3) is 0 Å². The molecule has 0 aliphatic rings. The highest BCUT2D eigenvalue weighted by molar-refractivity contribution is 7.84. The largest absolute Gasteiger partial charge is 0.357 e. The first-order valence-electron chi connectivity index (χ1n) is 8.56. The first-order chi connectivity index (χ1) is 12.2. The standard InChI is InChI=1S/C18H26N4OS2/c1-3-16-12-21-17(24-16)13-22-18(19-4-2)20-10-11-25(23)14-15-8-6-5-7-9-15/h5-9,12H,3-4,10-11,13-14H2,1-2H3,(H2,19,20,22). The topological polar surface area (TPSA) is 66.4 Å². The highest BCUT2D eigenvalue weighted by atomic mass is 32.2. The molecule has 1 aromatic carbocycles. The van der Waals surface area contributed by atoms with Crippen LogP contribution in [0.4, 0.5) is 0 Å². The quantitative estimate of drug-likeness (QED) is 0.520. The van der Waals surface area contributed by atoms with E-state index in [0.717, 1.165) is 29.5 Å². The number of hydrogen-bond acceptors (Lipinski definition) is 4. The molecule has 1 heterocycles. The Morgan fingerprint density at radius 1 is 1.24 bits per heavy atom. The van der Waals surface area contributed by atoms with Crippen LogP contribution >= 0.6 is 11.3 Å². The van der Waals surface area contributed by atoms with Crippen LogP contribution in [0, 0.1) is 0 Å². The van der Waals surface area contributed by atoms with Gasteiger partial charge in [-0.1, -0.05) is 37.3 Å². The summed E-state index contributed by atoms with van der Waals surface area (Å²) in [5, 5.41) is 7.48. The van der Waals surface area contributed by atoms with E-state index in [1.807, 2.05) is 43.5 Å². The summed E-state index contributed by atoms with van der Waals surface area (Å²) in [4.78, 5) is 10.2. The summed E-state index contributed by atoms with van der Waals surface area (Å²) < 4.78 is 12.2. The zero-order valence-electron chi connectivity index (χ0n) is 14.8. The van der Waals surface area contributed by atoms with Crippen LogP contribution in [0.3, 0.4) is 0 Å². The number of aromatic nitrogens is 1. The first-order valence-corrected chi connectivity index (χ1v) is 10.9. The minimum absolute atomic E-state index is 0.563. The second-order valence-corrected chi connectivity index (χ2v) is 8.25. The molecule has 7 heteroatoms. The van der Waals surface area contributed by atoms with Crippen molar-refractivity contribution in [2.45, 2.75) is 32.6 Å². The zero-order valence-corrected chi connectivity index (χ0v) is 16.5. The van der Waals surface area contributed by atoms with Crippen molar-refractivity contribution in [2.75, 3.05) is 18.8 Å². The maximum atomic E-state index is 12.2. The summed E-state index contributed by atoms with van der Waals surface area (Å²) in [5.74, 6) is 1.93. The molecule has 0 aliphatic heterocycles. The zero-order chi connectivity index (χ0) is 17.9. The van der Waals surface area contributed by atoms with Gasteiger partial charge in [0.1, 0.15) is 5.01 Å². The Kier molecular flexibility index (Phi) is 8.62. The maximum absolute atomic E-state index is 12.2. The monoisotopic (exact) mass is 378 g/mol. The number of rotatable bonds is 9. The van der Waals surface area contributed by atoms with E-state index in [4.69, 9.17) is 0 Å². The Hall–Kier alpha value is -1.73. The van der Waals surface area contributed by atoms with Crippen molar-refractivity contribution in [2.24, 2.45) is 4.99 Å². The molecule has 1 aromatic heterocycles. The predicted octanol–water partition coefficient (Wildman–Crippen LogP) is 2.71. The van der Waals surface area contributed by atoms with Gasteiger partial charge in [0.15, 0.2) is 5.96 Å². The molecule has 0 spiro atoms. The smallest absolute Gasteiger partial charge is 0.191 e. The van der Waals surface area contributed by atoms with Gasteiger partial charge in [0.2, 0.25) is 0 Å². The van der Waals surface area contributed by atoms with E-state index in [1.54, 1.807) is 11.3 Å². The minimum Gasteiger partial charge on any atom is -0.357 e. The number of nitrogens with zero attached hydrogens (tertiary/aromatic N) is 2. The molecular weight excluding hydrogens is 352 g/mol. The Morgan fingerprint density at radius 2 is 2.04 bits per heavy atom. The van der Waals surface area contributed by atoms with E-state index >= 15 is 0 Å². The summed E-state index contributed by atoms with van der Waals surface area (Å²) in [6.45, 7) is 6.14. The molecule has 0 saturated heterocycles. The molecule has 0 saturated carbocycles. The van der Waals surface area contributed by atoms with Crippen molar-refractivity contribution in [1.82, 2.24) is 15.6 Å². The van der Waals surface area contributed by atoms with Crippen LogP contribution in [0.15, 0.2) is 41.5 Å². The summed E-state index contributed by atoms with van der Waals surface area (Å²) in [6.07, 6.45) is 2.93. The lowest BCUT2D eigenvalue weighted by atomic mass is 10.2. The third-order valence-electron chi connectivity index (χ3n) is 3.46. The van der Waals surface area contributed by atoms with Gasteiger partial charge in [-0.25, -0.2) is 9.98 Å². The van der Waals surface area contributed by atoms with Gasteiger partial charge in [-0.3, -0.25) is 4.21 Å². The van der Waals surface area contributed by atoms with Gasteiger partial charge in [0, 0.05) is 46.5 Å². The molecule has 25 heavy (non-hydrogen) atoms. The fourth-order valence-corrected chi connectivity index (χ4v) is 4.01. The fraction of sp³-hybridized carbons (Fsp3) is 0.444. The van der Waals surface area contributed by atoms with Gasteiger partial charge < -0.3 is 10.6 Å². The molecule has 2 aromatic rings. The average Bonchev–Trinajstić information content (AvgIpc) is 3.08. The third-order valence-corrected chi connectivity index (χ3v) is 5.90. The van der Waals surface area contributed by atoms with Crippen LogP contribution in [0.2, 0.25) is 0 Å². The molecule has 0 radical (unpaired) electrons. The Labute approximate surface area is 156 Å². The van der Waals surface area contributed by atoms with E-state index in [2.05, 4.69) is 27.5 Å². The molecule has 2 N–H and O–H groups in total. The van der Waals surface area contributed by atoms with Crippen LogP contribution in [0.25, 0.3) is 0 Å². The van der Waals surface area contributed by atoms with Crippen LogP contribution in [-0.2, 0) is 29.5 Å². The van der Waals surface area contributed by atoms with Crippen LogP contribution in [-0.4, -0.2) is 34.0 Å². The first kappa shape index (κ1) is 19.6. The van der Waals surface area contributed by atoms with Gasteiger partial charge in [-0.2, -0.15) is 0 Å². The van der Waals surface area contributed by atoms with E-state index in [0.29, 0.717) is 24.6 Å².